The summed E-state index contributed by atoms with van der Waals surface area (Å²) < 4.78 is 36.5. The van der Waals surface area contributed by atoms with Gasteiger partial charge < -0.3 is 9.47 Å². The van der Waals surface area contributed by atoms with Crippen molar-refractivity contribution in [3.8, 4) is 0 Å². The van der Waals surface area contributed by atoms with Crippen LogP contribution >= 0.6 is 11.6 Å². The Morgan fingerprint density at radius 3 is 2.14 bits per heavy atom. The largest absolute Gasteiger partial charge is 0.346 e. The van der Waals surface area contributed by atoms with Gasteiger partial charge >= 0.3 is 0 Å². The quantitative estimate of drug-likeness (QED) is 0.725. The average Bonchev–Trinajstić information content (AvgIpc) is 2.54. The fraction of sp³-hybridized carbons (Fsp3) is 0.333. The van der Waals surface area contributed by atoms with Gasteiger partial charge in [-0.3, -0.25) is 0 Å². The molecule has 76 valence electrons. The highest BCUT2D eigenvalue weighted by molar-refractivity contribution is 6.30. The van der Waals surface area contributed by atoms with Gasteiger partial charge in [0, 0.05) is 5.02 Å². The molecule has 1 fully saturated rings. The van der Waals surface area contributed by atoms with Gasteiger partial charge in [0.1, 0.15) is 11.6 Å². The molecule has 1 aromatic carbocycles. The minimum absolute atomic E-state index is 0.0155. The number of hydrogen-bond acceptors (Lipinski definition) is 2. The summed E-state index contributed by atoms with van der Waals surface area (Å²) in [5.74, 6) is -1.50. The molecule has 0 N–H and O–H groups in total. The van der Waals surface area contributed by atoms with Crippen LogP contribution in [0.5, 0.6) is 0 Å². The van der Waals surface area contributed by atoms with Crippen molar-refractivity contribution < 1.29 is 18.3 Å². The Balaban J connectivity index is 2.40. The van der Waals surface area contributed by atoms with Crippen LogP contribution in [0.25, 0.3) is 0 Å². The number of rotatable bonds is 1. The fourth-order valence-electron chi connectivity index (χ4n) is 1.30. The van der Waals surface area contributed by atoms with Gasteiger partial charge in [-0.15, -0.1) is 0 Å². The average molecular weight is 221 g/mol. The van der Waals surface area contributed by atoms with Gasteiger partial charge in [-0.25, -0.2) is 8.78 Å². The Hall–Kier alpha value is -0.710. The van der Waals surface area contributed by atoms with Crippen LogP contribution in [-0.2, 0) is 9.47 Å². The van der Waals surface area contributed by atoms with Crippen molar-refractivity contribution in [2.45, 2.75) is 6.29 Å². The molecule has 0 radical (unpaired) electrons. The van der Waals surface area contributed by atoms with Crippen LogP contribution in [0.15, 0.2) is 12.1 Å². The molecule has 0 amide bonds. The number of ether oxygens (including phenoxy) is 2. The molecule has 1 heterocycles. The second kappa shape index (κ2) is 3.81. The number of benzene rings is 1. The maximum atomic E-state index is 13.3. The third-order valence-electron chi connectivity index (χ3n) is 1.90. The standard InChI is InChI=1S/C9H7ClF2O2/c10-5-3-6(11)8(7(12)4-5)9-13-1-2-14-9/h3-4,9H,1-2H2. The SMILES string of the molecule is Fc1cc(Cl)cc(F)c1C1OCCO1. The maximum Gasteiger partial charge on any atom is 0.189 e. The Labute approximate surface area is 84.4 Å². The van der Waals surface area contributed by atoms with Crippen molar-refractivity contribution in [3.05, 3.63) is 34.4 Å². The highest BCUT2D eigenvalue weighted by Gasteiger charge is 2.25. The summed E-state index contributed by atoms with van der Waals surface area (Å²) in [6, 6.07) is 2.07. The van der Waals surface area contributed by atoms with Crippen molar-refractivity contribution in [2.75, 3.05) is 13.2 Å². The van der Waals surface area contributed by atoms with Crippen molar-refractivity contribution >= 4 is 11.6 Å². The van der Waals surface area contributed by atoms with Gasteiger partial charge in [-0.2, -0.15) is 0 Å². The first-order chi connectivity index (χ1) is 6.68. The van der Waals surface area contributed by atoms with Gasteiger partial charge in [0.2, 0.25) is 0 Å². The van der Waals surface area contributed by atoms with Crippen LogP contribution in [0.4, 0.5) is 8.78 Å². The molecule has 1 aliphatic rings. The van der Waals surface area contributed by atoms with E-state index in [1.54, 1.807) is 0 Å². The highest BCUT2D eigenvalue weighted by atomic mass is 35.5. The predicted molar refractivity (Wildman–Crippen MR) is 46.0 cm³/mol. The van der Waals surface area contributed by atoms with Gasteiger partial charge in [0.25, 0.3) is 0 Å². The first-order valence-electron chi connectivity index (χ1n) is 4.06. The van der Waals surface area contributed by atoms with Gasteiger partial charge in [0.05, 0.1) is 18.8 Å². The van der Waals surface area contributed by atoms with Crippen LogP contribution in [0.1, 0.15) is 11.9 Å². The van der Waals surface area contributed by atoms with E-state index in [2.05, 4.69) is 0 Å². The van der Waals surface area contributed by atoms with E-state index in [1.807, 2.05) is 0 Å². The highest BCUT2D eigenvalue weighted by Crippen LogP contribution is 2.29. The van der Waals surface area contributed by atoms with E-state index in [9.17, 15) is 8.78 Å². The lowest BCUT2D eigenvalue weighted by Gasteiger charge is -2.11. The second-order valence-corrected chi connectivity index (χ2v) is 3.29. The van der Waals surface area contributed by atoms with Crippen LogP contribution < -0.4 is 0 Å². The van der Waals surface area contributed by atoms with E-state index in [4.69, 9.17) is 21.1 Å². The zero-order chi connectivity index (χ0) is 10.1. The number of hydrogen-bond donors (Lipinski definition) is 0. The van der Waals surface area contributed by atoms with Crippen molar-refractivity contribution in [1.29, 1.82) is 0 Å². The summed E-state index contributed by atoms with van der Waals surface area (Å²) >= 11 is 5.47. The minimum Gasteiger partial charge on any atom is -0.346 e. The zero-order valence-corrected chi connectivity index (χ0v) is 7.85. The molecule has 0 aromatic heterocycles. The molecule has 0 unspecified atom stereocenters. The topological polar surface area (TPSA) is 18.5 Å². The Bertz CT molecular complexity index is 328. The zero-order valence-electron chi connectivity index (χ0n) is 7.10. The third-order valence-corrected chi connectivity index (χ3v) is 2.12. The summed E-state index contributed by atoms with van der Waals surface area (Å²) in [6.07, 6.45) is -0.952. The molecule has 1 aliphatic heterocycles. The van der Waals surface area contributed by atoms with Crippen molar-refractivity contribution in [3.63, 3.8) is 0 Å². The fourth-order valence-corrected chi connectivity index (χ4v) is 1.50. The van der Waals surface area contributed by atoms with Gasteiger partial charge in [0.15, 0.2) is 6.29 Å². The molecular weight excluding hydrogens is 214 g/mol. The van der Waals surface area contributed by atoms with Crippen molar-refractivity contribution in [2.24, 2.45) is 0 Å². The monoisotopic (exact) mass is 220 g/mol. The maximum absolute atomic E-state index is 13.3. The predicted octanol–water partition coefficient (Wildman–Crippen LogP) is 2.66. The summed E-state index contributed by atoms with van der Waals surface area (Å²) in [6.45, 7) is 0.679. The van der Waals surface area contributed by atoms with Crippen LogP contribution in [0, 0.1) is 11.6 Å². The molecule has 0 saturated carbocycles. The van der Waals surface area contributed by atoms with E-state index >= 15 is 0 Å². The summed E-state index contributed by atoms with van der Waals surface area (Å²) in [5, 5.41) is 0.0155. The van der Waals surface area contributed by atoms with E-state index in [0.717, 1.165) is 12.1 Å². The molecule has 5 heteroatoms. The van der Waals surface area contributed by atoms with E-state index < -0.39 is 17.9 Å². The molecule has 14 heavy (non-hydrogen) atoms. The van der Waals surface area contributed by atoms with Crippen LogP contribution in [0.2, 0.25) is 5.02 Å². The normalized spacial score (nSPS) is 17.6. The van der Waals surface area contributed by atoms with Crippen molar-refractivity contribution in [1.82, 2.24) is 0 Å². The second-order valence-electron chi connectivity index (χ2n) is 2.86. The molecule has 0 aliphatic carbocycles. The lowest BCUT2D eigenvalue weighted by atomic mass is 10.2. The minimum atomic E-state index is -0.952. The van der Waals surface area contributed by atoms with Crippen LogP contribution in [-0.4, -0.2) is 13.2 Å². The van der Waals surface area contributed by atoms with Crippen LogP contribution in [0.3, 0.4) is 0 Å². The van der Waals surface area contributed by atoms with E-state index in [1.165, 1.54) is 0 Å². The lowest BCUT2D eigenvalue weighted by Crippen LogP contribution is -2.04. The Morgan fingerprint density at radius 1 is 1.14 bits per heavy atom. The summed E-state index contributed by atoms with van der Waals surface area (Å²) in [5.41, 5.74) is -0.216. The smallest absolute Gasteiger partial charge is 0.189 e. The molecule has 1 aromatic rings. The first-order valence-corrected chi connectivity index (χ1v) is 4.44. The molecule has 1 saturated heterocycles. The molecule has 0 bridgehead atoms. The lowest BCUT2D eigenvalue weighted by molar-refractivity contribution is -0.0489. The third kappa shape index (κ3) is 1.73. The summed E-state index contributed by atoms with van der Waals surface area (Å²) in [7, 11) is 0. The molecule has 0 atom stereocenters. The molecular formula is C9H7ClF2O2. The van der Waals surface area contributed by atoms with E-state index in [0.29, 0.717) is 13.2 Å². The molecule has 0 spiro atoms. The van der Waals surface area contributed by atoms with E-state index in [-0.39, 0.29) is 10.6 Å². The Morgan fingerprint density at radius 2 is 1.64 bits per heavy atom. The molecule has 2 nitrogen and oxygen atoms in total. The molecule has 2 rings (SSSR count). The first kappa shape index (κ1) is 9.83. The Kier molecular flexibility index (Phi) is 2.67. The summed E-state index contributed by atoms with van der Waals surface area (Å²) in [4.78, 5) is 0. The van der Waals surface area contributed by atoms with Gasteiger partial charge in [-0.05, 0) is 12.1 Å². The number of halogens is 3. The van der Waals surface area contributed by atoms with Gasteiger partial charge in [-0.1, -0.05) is 11.6 Å².